The summed E-state index contributed by atoms with van der Waals surface area (Å²) in [6.45, 7) is 5.93. The minimum Gasteiger partial charge on any atom is -0.298 e. The lowest BCUT2D eigenvalue weighted by atomic mass is 10.2. The van der Waals surface area contributed by atoms with Crippen molar-refractivity contribution in [1.82, 2.24) is 4.90 Å². The average Bonchev–Trinajstić information content (AvgIpc) is 2.34. The summed E-state index contributed by atoms with van der Waals surface area (Å²) < 4.78 is 12.6. The van der Waals surface area contributed by atoms with Crippen LogP contribution in [0.1, 0.15) is 26.7 Å². The summed E-state index contributed by atoms with van der Waals surface area (Å²) in [4.78, 5) is 2.23. The van der Waals surface area contributed by atoms with Gasteiger partial charge >= 0.3 is 0 Å². The molecule has 1 rings (SSSR count). The van der Waals surface area contributed by atoms with Crippen LogP contribution in [-0.2, 0) is 0 Å². The molecule has 0 aromatic heterocycles. The lowest BCUT2D eigenvalue weighted by Crippen LogP contribution is -2.30. The molecule has 0 aliphatic carbocycles. The molecule has 1 heterocycles. The van der Waals surface area contributed by atoms with Crippen LogP contribution in [0.4, 0.5) is 4.39 Å². The second-order valence-corrected chi connectivity index (χ2v) is 3.14. The first-order valence-electron chi connectivity index (χ1n) is 4.12. The van der Waals surface area contributed by atoms with Crippen LogP contribution in [-0.4, -0.2) is 30.2 Å². The van der Waals surface area contributed by atoms with Gasteiger partial charge in [-0.1, -0.05) is 6.92 Å². The molecule has 0 aromatic rings. The van der Waals surface area contributed by atoms with Crippen LogP contribution in [0.2, 0.25) is 0 Å². The van der Waals surface area contributed by atoms with Crippen LogP contribution in [0.25, 0.3) is 0 Å². The van der Waals surface area contributed by atoms with Gasteiger partial charge in [0.15, 0.2) is 0 Å². The zero-order valence-electron chi connectivity index (χ0n) is 6.81. The summed E-state index contributed by atoms with van der Waals surface area (Å²) in [7, 11) is 0. The zero-order valence-corrected chi connectivity index (χ0v) is 6.81. The summed E-state index contributed by atoms with van der Waals surface area (Å²) in [6.07, 6.45) is 1.31. The Morgan fingerprint density at radius 3 is 2.80 bits per heavy atom. The summed E-state index contributed by atoms with van der Waals surface area (Å²) in [5, 5.41) is 0. The van der Waals surface area contributed by atoms with Gasteiger partial charge in [0.05, 0.1) is 0 Å². The molecule has 1 nitrogen and oxygen atoms in total. The molecular weight excluding hydrogens is 129 g/mol. The molecule has 0 radical (unpaired) electrons. The van der Waals surface area contributed by atoms with Gasteiger partial charge in [-0.2, -0.15) is 0 Å². The fraction of sp³-hybridized carbons (Fsp3) is 1.00. The molecule has 0 amide bonds. The largest absolute Gasteiger partial charge is 0.298 e. The summed E-state index contributed by atoms with van der Waals surface area (Å²) in [5.74, 6) is 0. The predicted octanol–water partition coefficient (Wildman–Crippen LogP) is 1.83. The first kappa shape index (κ1) is 7.99. The summed E-state index contributed by atoms with van der Waals surface area (Å²) >= 11 is 0. The highest BCUT2D eigenvalue weighted by molar-refractivity contribution is 4.78. The highest BCUT2D eigenvalue weighted by Gasteiger charge is 2.24. The second kappa shape index (κ2) is 3.33. The first-order chi connectivity index (χ1) is 4.74. The number of likely N-dealkylation sites (tertiary alicyclic amines) is 1. The Labute approximate surface area is 62.2 Å². The second-order valence-electron chi connectivity index (χ2n) is 3.14. The van der Waals surface area contributed by atoms with Crippen molar-refractivity contribution in [1.29, 1.82) is 0 Å². The molecule has 1 saturated heterocycles. The lowest BCUT2D eigenvalue weighted by molar-refractivity contribution is 0.228. The van der Waals surface area contributed by atoms with Crippen LogP contribution < -0.4 is 0 Å². The standard InChI is InChI=1S/C8H16FN/c1-3-7(2)10-5-4-8(9)6-10/h7-8H,3-6H2,1-2H3/t7?,8-/m1/s1. The quantitative estimate of drug-likeness (QED) is 0.573. The maximum Gasteiger partial charge on any atom is 0.114 e. The fourth-order valence-corrected chi connectivity index (χ4v) is 1.40. The van der Waals surface area contributed by atoms with Crippen LogP contribution in [0, 0.1) is 0 Å². The topological polar surface area (TPSA) is 3.24 Å². The predicted molar refractivity (Wildman–Crippen MR) is 40.8 cm³/mol. The molecule has 1 aliphatic rings. The van der Waals surface area contributed by atoms with E-state index in [2.05, 4.69) is 18.7 Å². The first-order valence-corrected chi connectivity index (χ1v) is 4.12. The molecule has 1 aliphatic heterocycles. The molecule has 10 heavy (non-hydrogen) atoms. The molecule has 0 N–H and O–H groups in total. The van der Waals surface area contributed by atoms with Crippen molar-refractivity contribution in [3.63, 3.8) is 0 Å². The van der Waals surface area contributed by atoms with Crippen molar-refractivity contribution in [2.75, 3.05) is 13.1 Å². The van der Waals surface area contributed by atoms with Gasteiger partial charge in [-0.3, -0.25) is 4.90 Å². The van der Waals surface area contributed by atoms with E-state index in [1.165, 1.54) is 0 Å². The Bertz CT molecular complexity index is 105. The van der Waals surface area contributed by atoms with Gasteiger partial charge in [0, 0.05) is 19.1 Å². The Balaban J connectivity index is 2.29. The van der Waals surface area contributed by atoms with E-state index in [1.54, 1.807) is 0 Å². The summed E-state index contributed by atoms with van der Waals surface area (Å²) in [6, 6.07) is 0.570. The third kappa shape index (κ3) is 1.69. The Kier molecular flexibility index (Phi) is 2.66. The average molecular weight is 145 g/mol. The highest BCUT2D eigenvalue weighted by atomic mass is 19.1. The minimum absolute atomic E-state index is 0.561. The Hall–Kier alpha value is -0.110. The number of alkyl halides is 1. The van der Waals surface area contributed by atoms with E-state index in [0.29, 0.717) is 12.6 Å². The molecule has 0 spiro atoms. The molecule has 0 bridgehead atoms. The molecule has 2 atom stereocenters. The van der Waals surface area contributed by atoms with Crippen LogP contribution >= 0.6 is 0 Å². The molecule has 2 heteroatoms. The van der Waals surface area contributed by atoms with Gasteiger partial charge in [-0.05, 0) is 19.8 Å². The van der Waals surface area contributed by atoms with Gasteiger partial charge in [0.1, 0.15) is 6.17 Å². The van der Waals surface area contributed by atoms with E-state index in [9.17, 15) is 4.39 Å². The van der Waals surface area contributed by atoms with Crippen molar-refractivity contribution >= 4 is 0 Å². The highest BCUT2D eigenvalue weighted by Crippen LogP contribution is 2.16. The summed E-state index contributed by atoms with van der Waals surface area (Å²) in [5.41, 5.74) is 0. The Morgan fingerprint density at radius 1 is 1.70 bits per heavy atom. The number of rotatable bonds is 2. The molecular formula is C8H16FN. The van der Waals surface area contributed by atoms with Gasteiger partial charge in [0.25, 0.3) is 0 Å². The van der Waals surface area contributed by atoms with Crippen molar-refractivity contribution < 1.29 is 4.39 Å². The molecule has 0 aromatic carbocycles. The van der Waals surface area contributed by atoms with Crippen molar-refractivity contribution in [2.45, 2.75) is 38.9 Å². The maximum atomic E-state index is 12.6. The van der Waals surface area contributed by atoms with E-state index in [-0.39, 0.29) is 0 Å². The molecule has 60 valence electrons. The number of hydrogen-bond acceptors (Lipinski definition) is 1. The van der Waals surface area contributed by atoms with Crippen molar-refractivity contribution in [2.24, 2.45) is 0 Å². The van der Waals surface area contributed by atoms with E-state index in [0.717, 1.165) is 19.4 Å². The SMILES string of the molecule is CCC(C)N1CC[C@@H](F)C1. The van der Waals surface area contributed by atoms with Crippen LogP contribution in [0.15, 0.2) is 0 Å². The van der Waals surface area contributed by atoms with E-state index in [4.69, 9.17) is 0 Å². The Morgan fingerprint density at radius 2 is 2.40 bits per heavy atom. The van der Waals surface area contributed by atoms with Crippen LogP contribution in [0.3, 0.4) is 0 Å². The fourth-order valence-electron chi connectivity index (χ4n) is 1.40. The number of halogens is 1. The molecule has 1 fully saturated rings. The van der Waals surface area contributed by atoms with Crippen molar-refractivity contribution in [3.05, 3.63) is 0 Å². The van der Waals surface area contributed by atoms with Gasteiger partial charge in [0.2, 0.25) is 0 Å². The van der Waals surface area contributed by atoms with E-state index in [1.807, 2.05) is 0 Å². The zero-order chi connectivity index (χ0) is 7.56. The molecule has 1 unspecified atom stereocenters. The minimum atomic E-state index is -0.561. The van der Waals surface area contributed by atoms with Gasteiger partial charge in [-0.15, -0.1) is 0 Å². The smallest absolute Gasteiger partial charge is 0.114 e. The van der Waals surface area contributed by atoms with E-state index < -0.39 is 6.17 Å². The van der Waals surface area contributed by atoms with Crippen LogP contribution in [0.5, 0.6) is 0 Å². The van der Waals surface area contributed by atoms with Gasteiger partial charge in [-0.25, -0.2) is 4.39 Å². The lowest BCUT2D eigenvalue weighted by Gasteiger charge is -2.21. The molecule has 0 saturated carbocycles. The van der Waals surface area contributed by atoms with Crippen molar-refractivity contribution in [3.8, 4) is 0 Å². The van der Waals surface area contributed by atoms with Gasteiger partial charge < -0.3 is 0 Å². The monoisotopic (exact) mass is 145 g/mol. The van der Waals surface area contributed by atoms with E-state index >= 15 is 0 Å². The third-order valence-corrected chi connectivity index (χ3v) is 2.38. The maximum absolute atomic E-state index is 12.6. The third-order valence-electron chi connectivity index (χ3n) is 2.38. The normalized spacial score (nSPS) is 30.9. The number of hydrogen-bond donors (Lipinski definition) is 0. The number of nitrogens with zero attached hydrogens (tertiary/aromatic N) is 1.